The van der Waals surface area contributed by atoms with Gasteiger partial charge in [0.15, 0.2) is 0 Å². The molecule has 0 atom stereocenters. The van der Waals surface area contributed by atoms with Crippen LogP contribution in [0.2, 0.25) is 0 Å². The Bertz CT molecular complexity index is 1590. The van der Waals surface area contributed by atoms with Crippen molar-refractivity contribution >= 4 is 12.1 Å². The van der Waals surface area contributed by atoms with Crippen LogP contribution in [0, 0.1) is 6.92 Å². The van der Waals surface area contributed by atoms with Gasteiger partial charge in [0.2, 0.25) is 0 Å². The number of rotatable bonds is 6. The molecule has 8 heteroatoms. The molecule has 2 heterocycles. The minimum atomic E-state index is -0.579. The molecule has 0 saturated heterocycles. The van der Waals surface area contributed by atoms with Crippen LogP contribution in [0.25, 0.3) is 0 Å². The molecule has 0 aliphatic carbocycles. The van der Waals surface area contributed by atoms with Crippen molar-refractivity contribution in [3.63, 3.8) is 0 Å². The molecule has 0 spiro atoms. The number of hydrogen-bond donors (Lipinski definition) is 0. The van der Waals surface area contributed by atoms with E-state index in [2.05, 4.69) is 0 Å². The summed E-state index contributed by atoms with van der Waals surface area (Å²) < 4.78 is 12.7. The zero-order valence-electron chi connectivity index (χ0n) is 24.4. The van der Waals surface area contributed by atoms with Gasteiger partial charge in [0.05, 0.1) is 23.8 Å². The van der Waals surface area contributed by atoms with E-state index in [0.717, 1.165) is 16.7 Å². The number of carbonyl (C=O) groups is 2. The molecule has 1 aromatic heterocycles. The first kappa shape index (κ1) is 28.8. The highest BCUT2D eigenvalue weighted by Crippen LogP contribution is 2.27. The zero-order chi connectivity index (χ0) is 29.9. The predicted octanol–water partition coefficient (Wildman–Crippen LogP) is 5.84. The van der Waals surface area contributed by atoms with Gasteiger partial charge in [-0.1, -0.05) is 72.8 Å². The van der Waals surface area contributed by atoms with Gasteiger partial charge >= 0.3 is 12.1 Å². The Kier molecular flexibility index (Phi) is 8.24. The highest BCUT2D eigenvalue weighted by atomic mass is 16.6. The number of amides is 1. The maximum Gasteiger partial charge on any atom is 0.410 e. The van der Waals surface area contributed by atoms with E-state index in [0.29, 0.717) is 35.6 Å². The third kappa shape index (κ3) is 6.43. The highest BCUT2D eigenvalue weighted by molar-refractivity contribution is 5.89. The average molecular weight is 566 g/mol. The zero-order valence-corrected chi connectivity index (χ0v) is 24.4. The van der Waals surface area contributed by atoms with Crippen molar-refractivity contribution in [1.82, 2.24) is 14.5 Å². The second-order valence-corrected chi connectivity index (χ2v) is 11.4. The Hall–Kier alpha value is -4.72. The van der Waals surface area contributed by atoms with Gasteiger partial charge in [0.1, 0.15) is 18.0 Å². The topological polar surface area (TPSA) is 90.7 Å². The van der Waals surface area contributed by atoms with E-state index in [1.807, 2.05) is 88.4 Å². The Balaban J connectivity index is 1.30. The van der Waals surface area contributed by atoms with Gasteiger partial charge in [0, 0.05) is 12.1 Å². The normalized spacial score (nSPS) is 13.0. The summed E-state index contributed by atoms with van der Waals surface area (Å²) in [6, 6.07) is 26.3. The van der Waals surface area contributed by atoms with E-state index in [-0.39, 0.29) is 24.8 Å². The first-order chi connectivity index (χ1) is 20.1. The minimum absolute atomic E-state index is 0.0562. The molecular formula is C34H35N3O5. The van der Waals surface area contributed by atoms with Gasteiger partial charge in [-0.15, -0.1) is 0 Å². The number of aryl methyl sites for hydroxylation is 1. The summed E-state index contributed by atoms with van der Waals surface area (Å²) in [7, 11) is 0. The molecule has 0 unspecified atom stereocenters. The monoisotopic (exact) mass is 565 g/mol. The number of esters is 1. The fraction of sp³-hybridized carbons (Fsp3) is 0.294. The van der Waals surface area contributed by atoms with Crippen molar-refractivity contribution in [2.24, 2.45) is 0 Å². The van der Waals surface area contributed by atoms with Crippen LogP contribution in [-0.4, -0.2) is 38.7 Å². The molecule has 3 aromatic carbocycles. The molecule has 0 saturated carbocycles. The summed E-state index contributed by atoms with van der Waals surface area (Å²) in [6.45, 7) is 7.89. The maximum atomic E-state index is 13.9. The Labute approximate surface area is 245 Å². The van der Waals surface area contributed by atoms with Crippen LogP contribution in [0.4, 0.5) is 4.79 Å². The van der Waals surface area contributed by atoms with Crippen LogP contribution in [0.1, 0.15) is 70.9 Å². The SMILES string of the molecule is Cc1nc2c(c(=O)n1C(c1ccccc1)c1ccccc1)CCN(C(=O)OCc1ccc(C(=O)OC(C)(C)C)cc1)C2. The van der Waals surface area contributed by atoms with Crippen LogP contribution < -0.4 is 5.56 Å². The van der Waals surface area contributed by atoms with E-state index in [4.69, 9.17) is 14.5 Å². The lowest BCUT2D eigenvalue weighted by Gasteiger charge is -2.30. The predicted molar refractivity (Wildman–Crippen MR) is 159 cm³/mol. The van der Waals surface area contributed by atoms with E-state index in [1.165, 1.54) is 0 Å². The lowest BCUT2D eigenvalue weighted by molar-refractivity contribution is 0.00692. The van der Waals surface area contributed by atoms with E-state index >= 15 is 0 Å². The summed E-state index contributed by atoms with van der Waals surface area (Å²) in [5.41, 5.74) is 3.72. The van der Waals surface area contributed by atoms with Crippen molar-refractivity contribution < 1.29 is 19.1 Å². The van der Waals surface area contributed by atoms with Crippen LogP contribution in [0.15, 0.2) is 89.7 Å². The van der Waals surface area contributed by atoms with Gasteiger partial charge < -0.3 is 14.4 Å². The van der Waals surface area contributed by atoms with Crippen LogP contribution in [0.3, 0.4) is 0 Å². The summed E-state index contributed by atoms with van der Waals surface area (Å²) in [4.78, 5) is 45.5. The van der Waals surface area contributed by atoms with Crippen molar-refractivity contribution in [3.8, 4) is 0 Å². The summed E-state index contributed by atoms with van der Waals surface area (Å²) in [5, 5.41) is 0. The number of benzene rings is 3. The molecule has 42 heavy (non-hydrogen) atoms. The van der Waals surface area contributed by atoms with Crippen molar-refractivity contribution in [2.45, 2.75) is 58.9 Å². The molecule has 0 N–H and O–H groups in total. The third-order valence-corrected chi connectivity index (χ3v) is 7.14. The second-order valence-electron chi connectivity index (χ2n) is 11.4. The molecule has 4 aromatic rings. The quantitative estimate of drug-likeness (QED) is 0.273. The van der Waals surface area contributed by atoms with Gasteiger partial charge in [0.25, 0.3) is 5.56 Å². The van der Waals surface area contributed by atoms with E-state index < -0.39 is 17.7 Å². The number of aromatic nitrogens is 2. The standard InChI is InChI=1S/C34H35N3O5/c1-23-35-29-21-36(33(40)41-22-24-15-17-27(18-16-24)32(39)42-34(2,3)4)20-19-28(29)31(38)37(23)30(25-11-7-5-8-12-25)26-13-9-6-10-14-26/h5-18,30H,19-22H2,1-4H3. The molecule has 1 amide bonds. The van der Waals surface area contributed by atoms with E-state index in [9.17, 15) is 14.4 Å². The van der Waals surface area contributed by atoms with Crippen LogP contribution in [0.5, 0.6) is 0 Å². The largest absolute Gasteiger partial charge is 0.456 e. The van der Waals surface area contributed by atoms with Gasteiger partial charge in [-0.3, -0.25) is 9.36 Å². The van der Waals surface area contributed by atoms with E-state index in [1.54, 1.807) is 33.7 Å². The van der Waals surface area contributed by atoms with Crippen LogP contribution >= 0.6 is 0 Å². The molecule has 216 valence electrons. The molecule has 0 bridgehead atoms. The summed E-state index contributed by atoms with van der Waals surface area (Å²) in [5.74, 6) is 0.176. The number of nitrogens with zero attached hydrogens (tertiary/aromatic N) is 3. The number of ether oxygens (including phenoxy) is 2. The molecule has 1 aliphatic heterocycles. The molecular weight excluding hydrogens is 530 g/mol. The average Bonchev–Trinajstić information content (AvgIpc) is 2.98. The first-order valence-electron chi connectivity index (χ1n) is 14.1. The first-order valence-corrected chi connectivity index (χ1v) is 14.1. The van der Waals surface area contributed by atoms with Crippen molar-refractivity contribution in [3.05, 3.63) is 135 Å². The molecule has 1 aliphatic rings. The van der Waals surface area contributed by atoms with Gasteiger partial charge in [-0.2, -0.15) is 0 Å². The molecule has 5 rings (SSSR count). The lowest BCUT2D eigenvalue weighted by atomic mass is 9.97. The Morgan fingerprint density at radius 2 is 1.50 bits per heavy atom. The number of hydrogen-bond acceptors (Lipinski definition) is 6. The molecule has 0 fully saturated rings. The minimum Gasteiger partial charge on any atom is -0.456 e. The molecule has 0 radical (unpaired) electrons. The lowest BCUT2D eigenvalue weighted by Crippen LogP contribution is -2.42. The Morgan fingerprint density at radius 3 is 2.07 bits per heavy atom. The van der Waals surface area contributed by atoms with Crippen molar-refractivity contribution in [2.75, 3.05) is 6.54 Å². The summed E-state index contributed by atoms with van der Waals surface area (Å²) in [6.07, 6.45) is -0.0933. The fourth-order valence-corrected chi connectivity index (χ4v) is 5.15. The summed E-state index contributed by atoms with van der Waals surface area (Å²) >= 11 is 0. The molecule has 8 nitrogen and oxygen atoms in total. The smallest absolute Gasteiger partial charge is 0.410 e. The maximum absolute atomic E-state index is 13.9. The second kappa shape index (κ2) is 12.0. The van der Waals surface area contributed by atoms with Crippen molar-refractivity contribution in [1.29, 1.82) is 0 Å². The van der Waals surface area contributed by atoms with Gasteiger partial charge in [-0.05, 0) is 62.9 Å². The number of carbonyl (C=O) groups excluding carboxylic acids is 2. The van der Waals surface area contributed by atoms with Gasteiger partial charge in [-0.25, -0.2) is 14.6 Å². The fourth-order valence-electron chi connectivity index (χ4n) is 5.15. The Morgan fingerprint density at radius 1 is 0.905 bits per heavy atom. The number of fused-ring (bicyclic) bond motifs is 1. The third-order valence-electron chi connectivity index (χ3n) is 7.14. The van der Waals surface area contributed by atoms with Crippen LogP contribution in [-0.2, 0) is 29.0 Å². The highest BCUT2D eigenvalue weighted by Gasteiger charge is 2.29.